The summed E-state index contributed by atoms with van der Waals surface area (Å²) in [6, 6.07) is 1.55. The van der Waals surface area contributed by atoms with Crippen LogP contribution in [-0.4, -0.2) is 5.11 Å². The zero-order valence-electron chi connectivity index (χ0n) is 8.83. The third kappa shape index (κ3) is 1.97. The van der Waals surface area contributed by atoms with Crippen molar-refractivity contribution in [3.63, 3.8) is 0 Å². The van der Waals surface area contributed by atoms with E-state index in [2.05, 4.69) is 0 Å². The Morgan fingerprint density at radius 1 is 1.50 bits per heavy atom. The molecule has 0 unspecified atom stereocenters. The van der Waals surface area contributed by atoms with E-state index in [4.69, 9.17) is 4.42 Å². The first-order valence-corrected chi connectivity index (χ1v) is 4.96. The van der Waals surface area contributed by atoms with Gasteiger partial charge in [0.1, 0.15) is 11.5 Å². The molecule has 14 heavy (non-hydrogen) atoms. The van der Waals surface area contributed by atoms with Gasteiger partial charge in [-0.3, -0.25) is 0 Å². The Morgan fingerprint density at radius 3 is 2.57 bits per heavy atom. The summed E-state index contributed by atoms with van der Waals surface area (Å²) < 4.78 is 5.12. The van der Waals surface area contributed by atoms with E-state index in [1.165, 1.54) is 0 Å². The summed E-state index contributed by atoms with van der Waals surface area (Å²) in [4.78, 5) is 11.4. The Hall–Kier alpha value is -1.25. The molecule has 1 aromatic rings. The molecule has 0 aliphatic carbocycles. The second kappa shape index (κ2) is 4.31. The van der Waals surface area contributed by atoms with Crippen molar-refractivity contribution in [1.29, 1.82) is 0 Å². The Kier molecular flexibility index (Phi) is 3.33. The van der Waals surface area contributed by atoms with E-state index in [1.807, 2.05) is 20.8 Å². The molecule has 3 heteroatoms. The fourth-order valence-electron chi connectivity index (χ4n) is 1.29. The summed E-state index contributed by atoms with van der Waals surface area (Å²) in [6.07, 6.45) is 1.38. The smallest absolute Gasteiger partial charge is 0.342 e. The molecule has 0 saturated heterocycles. The second-order valence-corrected chi connectivity index (χ2v) is 3.46. The lowest BCUT2D eigenvalue weighted by atomic mass is 10.0. The summed E-state index contributed by atoms with van der Waals surface area (Å²) in [6.45, 7) is 5.79. The average Bonchev–Trinajstić information content (AvgIpc) is 2.16. The summed E-state index contributed by atoms with van der Waals surface area (Å²) in [7, 11) is 0. The van der Waals surface area contributed by atoms with Crippen LogP contribution in [-0.2, 0) is 6.42 Å². The number of hydrogen-bond donors (Lipinski definition) is 1. The van der Waals surface area contributed by atoms with Crippen LogP contribution in [0.3, 0.4) is 0 Å². The molecule has 1 rings (SSSR count). The molecule has 0 aromatic carbocycles. The van der Waals surface area contributed by atoms with Gasteiger partial charge in [0.05, 0.1) is 5.56 Å². The SMILES string of the molecule is CCc1c(O)cc([C@H](C)CC)oc1=O. The van der Waals surface area contributed by atoms with Gasteiger partial charge >= 0.3 is 5.63 Å². The van der Waals surface area contributed by atoms with Gasteiger partial charge in [-0.15, -0.1) is 0 Å². The molecule has 1 heterocycles. The van der Waals surface area contributed by atoms with Crippen molar-refractivity contribution >= 4 is 0 Å². The summed E-state index contributed by atoms with van der Waals surface area (Å²) >= 11 is 0. The average molecular weight is 196 g/mol. The fraction of sp³-hybridized carbons (Fsp3) is 0.545. The van der Waals surface area contributed by atoms with Gasteiger partial charge in [0.2, 0.25) is 0 Å². The normalized spacial score (nSPS) is 12.8. The lowest BCUT2D eigenvalue weighted by molar-refractivity contribution is 0.394. The van der Waals surface area contributed by atoms with Crippen molar-refractivity contribution in [2.75, 3.05) is 0 Å². The minimum absolute atomic E-state index is 0.0547. The van der Waals surface area contributed by atoms with Crippen LogP contribution < -0.4 is 5.63 Å². The molecule has 0 fully saturated rings. The Labute approximate surface area is 83.4 Å². The highest BCUT2D eigenvalue weighted by atomic mass is 16.4. The van der Waals surface area contributed by atoms with Crippen LogP contribution in [0.4, 0.5) is 0 Å². The maximum Gasteiger partial charge on any atom is 0.342 e. The molecule has 0 bridgehead atoms. The minimum atomic E-state index is -0.414. The van der Waals surface area contributed by atoms with E-state index in [0.29, 0.717) is 17.7 Å². The zero-order valence-corrected chi connectivity index (χ0v) is 8.83. The first-order valence-electron chi connectivity index (χ1n) is 4.96. The predicted molar refractivity (Wildman–Crippen MR) is 54.7 cm³/mol. The molecule has 3 nitrogen and oxygen atoms in total. The lowest BCUT2D eigenvalue weighted by Crippen LogP contribution is -2.09. The van der Waals surface area contributed by atoms with Crippen molar-refractivity contribution < 1.29 is 9.52 Å². The molecule has 0 amide bonds. The van der Waals surface area contributed by atoms with Crippen molar-refractivity contribution in [2.45, 2.75) is 39.5 Å². The monoisotopic (exact) mass is 196 g/mol. The van der Waals surface area contributed by atoms with Crippen LogP contribution in [0, 0.1) is 0 Å². The van der Waals surface area contributed by atoms with Crippen LogP contribution in [0.25, 0.3) is 0 Å². The van der Waals surface area contributed by atoms with E-state index in [0.717, 1.165) is 6.42 Å². The van der Waals surface area contributed by atoms with Crippen molar-refractivity contribution in [3.8, 4) is 5.75 Å². The topological polar surface area (TPSA) is 50.4 Å². The van der Waals surface area contributed by atoms with Gasteiger partial charge < -0.3 is 9.52 Å². The molecule has 0 spiro atoms. The summed E-state index contributed by atoms with van der Waals surface area (Å²) in [5, 5.41) is 9.56. The van der Waals surface area contributed by atoms with Crippen molar-refractivity contribution in [3.05, 3.63) is 27.8 Å². The van der Waals surface area contributed by atoms with Crippen LogP contribution >= 0.6 is 0 Å². The third-order valence-electron chi connectivity index (χ3n) is 2.50. The molecule has 0 radical (unpaired) electrons. The van der Waals surface area contributed by atoms with E-state index < -0.39 is 5.63 Å². The van der Waals surface area contributed by atoms with Crippen molar-refractivity contribution in [1.82, 2.24) is 0 Å². The highest BCUT2D eigenvalue weighted by Gasteiger charge is 2.12. The van der Waals surface area contributed by atoms with Crippen LogP contribution in [0.2, 0.25) is 0 Å². The molecular formula is C11H16O3. The van der Waals surface area contributed by atoms with E-state index in [9.17, 15) is 9.90 Å². The maximum absolute atomic E-state index is 11.4. The van der Waals surface area contributed by atoms with Gasteiger partial charge in [-0.25, -0.2) is 4.79 Å². The number of rotatable bonds is 3. The van der Waals surface area contributed by atoms with Gasteiger partial charge in [0, 0.05) is 12.0 Å². The molecular weight excluding hydrogens is 180 g/mol. The molecule has 0 saturated carbocycles. The Morgan fingerprint density at radius 2 is 2.14 bits per heavy atom. The van der Waals surface area contributed by atoms with E-state index in [-0.39, 0.29) is 11.7 Å². The molecule has 1 aromatic heterocycles. The highest BCUT2D eigenvalue weighted by Crippen LogP contribution is 2.23. The van der Waals surface area contributed by atoms with Crippen LogP contribution in [0.15, 0.2) is 15.3 Å². The summed E-state index contributed by atoms with van der Waals surface area (Å²) in [5.74, 6) is 0.783. The van der Waals surface area contributed by atoms with Crippen LogP contribution in [0.1, 0.15) is 44.4 Å². The molecule has 0 aliphatic heterocycles. The standard InChI is InChI=1S/C11H16O3/c1-4-7(3)10-6-9(12)8(5-2)11(13)14-10/h6-7,12H,4-5H2,1-3H3/t7-/m1/s1. The largest absolute Gasteiger partial charge is 0.507 e. The second-order valence-electron chi connectivity index (χ2n) is 3.46. The van der Waals surface area contributed by atoms with E-state index >= 15 is 0 Å². The predicted octanol–water partition coefficient (Wildman–Crippen LogP) is 2.42. The highest BCUT2D eigenvalue weighted by molar-refractivity contribution is 5.30. The summed E-state index contributed by atoms with van der Waals surface area (Å²) in [5.41, 5.74) is -0.0557. The first kappa shape index (κ1) is 10.8. The fourth-order valence-corrected chi connectivity index (χ4v) is 1.29. The first-order chi connectivity index (χ1) is 6.60. The van der Waals surface area contributed by atoms with Gasteiger partial charge in [0.25, 0.3) is 0 Å². The number of aromatic hydroxyl groups is 1. The molecule has 0 aliphatic rings. The quantitative estimate of drug-likeness (QED) is 0.807. The number of hydrogen-bond acceptors (Lipinski definition) is 3. The Bertz CT molecular complexity index is 365. The van der Waals surface area contributed by atoms with Gasteiger partial charge in [0.15, 0.2) is 0 Å². The van der Waals surface area contributed by atoms with Crippen LogP contribution in [0.5, 0.6) is 5.75 Å². The molecule has 1 N–H and O–H groups in total. The minimum Gasteiger partial charge on any atom is -0.507 e. The zero-order chi connectivity index (χ0) is 10.7. The third-order valence-corrected chi connectivity index (χ3v) is 2.50. The van der Waals surface area contributed by atoms with Gasteiger partial charge in [-0.05, 0) is 12.8 Å². The van der Waals surface area contributed by atoms with Crippen molar-refractivity contribution in [2.24, 2.45) is 0 Å². The molecule has 1 atom stereocenters. The Balaban J connectivity index is 3.21. The lowest BCUT2D eigenvalue weighted by Gasteiger charge is -2.08. The maximum atomic E-state index is 11.4. The van der Waals surface area contributed by atoms with Gasteiger partial charge in [-0.2, -0.15) is 0 Å². The van der Waals surface area contributed by atoms with E-state index in [1.54, 1.807) is 6.07 Å². The van der Waals surface area contributed by atoms with Gasteiger partial charge in [-0.1, -0.05) is 20.8 Å². The molecule has 78 valence electrons.